The molecule has 0 bridgehead atoms. The molecule has 0 spiro atoms. The molecule has 4 heterocycles. The Bertz CT molecular complexity index is 8400. The van der Waals surface area contributed by atoms with Gasteiger partial charge in [0.15, 0.2) is 11.3 Å². The van der Waals surface area contributed by atoms with E-state index in [0.29, 0.717) is 17.0 Å². The van der Waals surface area contributed by atoms with E-state index in [-0.39, 0.29) is 11.4 Å². The van der Waals surface area contributed by atoms with Crippen LogP contribution in [0.3, 0.4) is 0 Å². The van der Waals surface area contributed by atoms with E-state index in [1.165, 1.54) is 82.0 Å². The van der Waals surface area contributed by atoms with Crippen molar-refractivity contribution in [1.29, 1.82) is 0 Å². The van der Waals surface area contributed by atoms with E-state index in [9.17, 15) is 4.79 Å². The number of fused-ring (bicyclic) bond motifs is 18. The number of aryl methyl sites for hydroxylation is 1. The zero-order valence-electron chi connectivity index (χ0n) is 63.4. The maximum absolute atomic E-state index is 16.3. The number of aromatic nitrogens is 6. The van der Waals surface area contributed by atoms with E-state index < -0.39 is 0 Å². The second kappa shape index (κ2) is 25.7. The highest BCUT2D eigenvalue weighted by atomic mass is 16.2. The highest BCUT2D eigenvalue weighted by Crippen LogP contribution is 2.53. The average molecular weight is 1490 g/mol. The van der Waals surface area contributed by atoms with Gasteiger partial charge in [-0.05, 0) is 242 Å². The van der Waals surface area contributed by atoms with Crippen molar-refractivity contribution in [2.24, 2.45) is 7.05 Å². The van der Waals surface area contributed by atoms with Crippen LogP contribution in [0.5, 0.6) is 0 Å². The van der Waals surface area contributed by atoms with Gasteiger partial charge in [0, 0.05) is 17.8 Å². The van der Waals surface area contributed by atoms with Crippen LogP contribution < -0.4 is 11.4 Å². The summed E-state index contributed by atoms with van der Waals surface area (Å²) in [6, 6.07) is 137. The molecule has 117 heavy (non-hydrogen) atoms. The van der Waals surface area contributed by atoms with Crippen LogP contribution in [0.15, 0.2) is 392 Å². The third-order valence-electron chi connectivity index (χ3n) is 24.7. The van der Waals surface area contributed by atoms with Crippen LogP contribution in [-0.2, 0) is 7.05 Å². The first-order valence-electron chi connectivity index (χ1n) is 39.8. The molecule has 0 N–H and O–H groups in total. The summed E-state index contributed by atoms with van der Waals surface area (Å²) in [6.07, 6.45) is 0. The minimum Gasteiger partial charge on any atom is -0.296 e. The SMILES string of the molecule is Cn1c(=O)n2c3ccccc3nc2c2ccc(-c3c4ccccc4c(-c4ccc(-c5c6ccccc6c(-c6ccccc6)c6ccccc56)cc4)c4ccc(-c5cccc(-n6c(=O)n7c8ccccc8nc7c7ccc(-c8c9ccccc9c(-c9c%10ccccc%10c(-c%10ccccc%10)c%10ccccc9%10)c9ccccc89)cc76)c5)cc34)cc21. The minimum absolute atomic E-state index is 0.170. The molecule has 4 aromatic heterocycles. The van der Waals surface area contributed by atoms with Crippen molar-refractivity contribution in [3.63, 3.8) is 0 Å². The Morgan fingerprint density at radius 3 is 0.897 bits per heavy atom. The monoisotopic (exact) mass is 1490 g/mol. The number of hydrogen-bond donors (Lipinski definition) is 0. The third kappa shape index (κ3) is 9.83. The second-order valence-corrected chi connectivity index (χ2v) is 30.9. The minimum atomic E-state index is -0.233. The lowest BCUT2D eigenvalue weighted by Crippen LogP contribution is -2.25. The first kappa shape index (κ1) is 66.0. The Labute approximate surface area is 669 Å². The van der Waals surface area contributed by atoms with Gasteiger partial charge < -0.3 is 0 Å². The summed E-state index contributed by atoms with van der Waals surface area (Å²) < 4.78 is 7.18. The van der Waals surface area contributed by atoms with Crippen LogP contribution >= 0.6 is 0 Å². The van der Waals surface area contributed by atoms with Crippen LogP contribution in [0.25, 0.3) is 236 Å². The smallest absolute Gasteiger partial charge is 0.296 e. The predicted molar refractivity (Wildman–Crippen MR) is 488 cm³/mol. The third-order valence-corrected chi connectivity index (χ3v) is 24.7. The maximum Gasteiger partial charge on any atom is 0.339 e. The number of imidazole rings is 2. The lowest BCUT2D eigenvalue weighted by molar-refractivity contribution is 0.836. The number of nitrogens with zero attached hydrogens (tertiary/aromatic N) is 6. The molecule has 0 saturated heterocycles. The van der Waals surface area contributed by atoms with Crippen molar-refractivity contribution >= 4 is 141 Å². The second-order valence-electron chi connectivity index (χ2n) is 30.9. The molecule has 20 aromatic carbocycles. The van der Waals surface area contributed by atoms with Crippen LogP contribution in [-0.4, -0.2) is 27.9 Å². The maximum atomic E-state index is 16.3. The predicted octanol–water partition coefficient (Wildman–Crippen LogP) is 27.0. The summed E-state index contributed by atoms with van der Waals surface area (Å²) >= 11 is 0. The Morgan fingerprint density at radius 2 is 0.479 bits per heavy atom. The van der Waals surface area contributed by atoms with Gasteiger partial charge in [-0.3, -0.25) is 9.13 Å². The van der Waals surface area contributed by atoms with Crippen molar-refractivity contribution in [3.8, 4) is 94.7 Å². The molecule has 0 atom stereocenters. The summed E-state index contributed by atoms with van der Waals surface area (Å²) in [6.45, 7) is 0. The average Bonchev–Trinajstić information content (AvgIpc) is 1.63. The molecule has 8 heteroatoms. The van der Waals surface area contributed by atoms with E-state index in [2.05, 4.69) is 334 Å². The molecule has 0 saturated carbocycles. The van der Waals surface area contributed by atoms with Gasteiger partial charge in [0.2, 0.25) is 0 Å². The zero-order chi connectivity index (χ0) is 77.3. The van der Waals surface area contributed by atoms with Gasteiger partial charge in [0.05, 0.1) is 38.8 Å². The number of benzene rings is 20. The van der Waals surface area contributed by atoms with Gasteiger partial charge in [-0.15, -0.1) is 0 Å². The van der Waals surface area contributed by atoms with Crippen molar-refractivity contribution in [3.05, 3.63) is 403 Å². The Kier molecular flexibility index (Phi) is 14.5. The van der Waals surface area contributed by atoms with Gasteiger partial charge >= 0.3 is 11.4 Å². The molecular weight excluding hydrogens is 1430 g/mol. The quantitative estimate of drug-likeness (QED) is 0.135. The van der Waals surface area contributed by atoms with E-state index in [4.69, 9.17) is 9.97 Å². The van der Waals surface area contributed by atoms with Crippen LogP contribution in [0.4, 0.5) is 0 Å². The molecule has 0 amide bonds. The standard InChI is InChI=1S/C109H66N6O2/c1-112-96-63-71(56-59-89(96)106-110-92-47-22-24-49-94(92)114(106)108(112)116)103-79-38-13-12-37-78(79)101(68-53-51-67(52-54-68)100-76-35-10-8-33-74(76)98(65-27-4-2-5-28-65)75-34-9-11-36-77(75)100)88-58-55-70(62-91(88)103)69-31-26-32-73(61-69)113-97-64-72(57-60-90(97)107-111-93-48-23-25-50-95(93)115(107)109(113)117)102-82-41-16-20-45-86(82)105(87-46-21-17-42-83(87)102)104-84-43-18-14-39-80(84)99(66-29-6-3-7-30-66)81-40-15-19-44-85(81)104/h2-64H,1H3. The molecule has 0 aliphatic heterocycles. The van der Waals surface area contributed by atoms with E-state index in [0.717, 1.165) is 137 Å². The fourth-order valence-electron chi connectivity index (χ4n) is 19.7. The zero-order valence-corrected chi connectivity index (χ0v) is 63.4. The van der Waals surface area contributed by atoms with Crippen molar-refractivity contribution in [2.75, 3.05) is 0 Å². The normalized spacial score (nSPS) is 12.0. The largest absolute Gasteiger partial charge is 0.339 e. The van der Waals surface area contributed by atoms with Gasteiger partial charge in [0.25, 0.3) is 0 Å². The highest BCUT2D eigenvalue weighted by Gasteiger charge is 2.27. The Hall–Kier alpha value is -15.6. The topological polar surface area (TPSA) is 78.6 Å². The van der Waals surface area contributed by atoms with Gasteiger partial charge in [-0.2, -0.15) is 0 Å². The lowest BCUT2D eigenvalue weighted by Gasteiger charge is -2.22. The number of para-hydroxylation sites is 4. The van der Waals surface area contributed by atoms with Crippen molar-refractivity contribution < 1.29 is 0 Å². The van der Waals surface area contributed by atoms with Crippen molar-refractivity contribution in [1.82, 2.24) is 27.9 Å². The lowest BCUT2D eigenvalue weighted by atomic mass is 9.81. The molecule has 544 valence electrons. The van der Waals surface area contributed by atoms with Crippen molar-refractivity contribution in [2.45, 2.75) is 0 Å². The molecule has 8 nitrogen and oxygen atoms in total. The number of hydrogen-bond acceptors (Lipinski definition) is 4. The fraction of sp³-hybridized carbons (Fsp3) is 0.00917. The molecule has 24 aromatic rings. The summed E-state index contributed by atoms with van der Waals surface area (Å²) in [5.74, 6) is 0. The van der Waals surface area contributed by atoms with E-state index in [1.54, 1.807) is 13.4 Å². The van der Waals surface area contributed by atoms with Crippen LogP contribution in [0, 0.1) is 0 Å². The molecule has 24 rings (SSSR count). The number of rotatable bonds is 9. The molecular formula is C109H66N6O2. The van der Waals surface area contributed by atoms with Gasteiger partial charge in [-0.1, -0.05) is 315 Å². The first-order chi connectivity index (χ1) is 57.8. The van der Waals surface area contributed by atoms with Crippen LogP contribution in [0.2, 0.25) is 0 Å². The fourth-order valence-corrected chi connectivity index (χ4v) is 19.7. The summed E-state index contributed by atoms with van der Waals surface area (Å²) in [4.78, 5) is 41.4. The Balaban J connectivity index is 0.716. The Morgan fingerprint density at radius 1 is 0.197 bits per heavy atom. The summed E-state index contributed by atoms with van der Waals surface area (Å²) in [7, 11) is 1.86. The molecule has 0 radical (unpaired) electrons. The summed E-state index contributed by atoms with van der Waals surface area (Å²) in [5, 5.41) is 20.0. The highest BCUT2D eigenvalue weighted by molar-refractivity contribution is 6.31. The molecule has 0 aliphatic rings. The summed E-state index contributed by atoms with van der Waals surface area (Å²) in [5.41, 5.74) is 23.6. The van der Waals surface area contributed by atoms with E-state index in [1.807, 2.05) is 60.1 Å². The first-order valence-corrected chi connectivity index (χ1v) is 39.8. The molecule has 0 fully saturated rings. The van der Waals surface area contributed by atoms with Gasteiger partial charge in [-0.25, -0.2) is 28.4 Å². The van der Waals surface area contributed by atoms with E-state index >= 15 is 4.79 Å². The molecule has 0 unspecified atom stereocenters. The van der Waals surface area contributed by atoms with Crippen LogP contribution in [0.1, 0.15) is 0 Å². The molecule has 0 aliphatic carbocycles. The van der Waals surface area contributed by atoms with Gasteiger partial charge in [0.1, 0.15) is 0 Å².